The molecule has 7 nitrogen and oxygen atoms in total. The molecule has 0 aliphatic heterocycles. The van der Waals surface area contributed by atoms with Gasteiger partial charge >= 0.3 is 0 Å². The number of benzene rings is 1. The highest BCUT2D eigenvalue weighted by Crippen LogP contribution is 2.11. The first-order valence-corrected chi connectivity index (χ1v) is 7.89. The number of nitrogens with zero attached hydrogens (tertiary/aromatic N) is 2. The Bertz CT molecular complexity index is 811. The van der Waals surface area contributed by atoms with Crippen molar-refractivity contribution in [2.24, 2.45) is 0 Å². The SMILES string of the molecule is Cc1cccc2c(=O)n(CCC(=O)NCC(=O)NC(C)C)cnc12. The van der Waals surface area contributed by atoms with Gasteiger partial charge in [-0.05, 0) is 32.4 Å². The van der Waals surface area contributed by atoms with Crippen LogP contribution in [-0.4, -0.2) is 34.0 Å². The Labute approximate surface area is 140 Å². The minimum atomic E-state index is -0.287. The largest absolute Gasteiger partial charge is 0.352 e. The van der Waals surface area contributed by atoms with E-state index >= 15 is 0 Å². The van der Waals surface area contributed by atoms with E-state index < -0.39 is 0 Å². The van der Waals surface area contributed by atoms with Crippen molar-refractivity contribution in [3.8, 4) is 0 Å². The Morgan fingerprint density at radius 3 is 2.71 bits per heavy atom. The van der Waals surface area contributed by atoms with Crippen LogP contribution in [0.3, 0.4) is 0 Å². The number of hydrogen-bond acceptors (Lipinski definition) is 4. The van der Waals surface area contributed by atoms with Crippen LogP contribution in [-0.2, 0) is 16.1 Å². The summed E-state index contributed by atoms with van der Waals surface area (Å²) < 4.78 is 1.41. The van der Waals surface area contributed by atoms with E-state index in [2.05, 4.69) is 15.6 Å². The minimum Gasteiger partial charge on any atom is -0.352 e. The van der Waals surface area contributed by atoms with Crippen molar-refractivity contribution in [2.45, 2.75) is 39.8 Å². The van der Waals surface area contributed by atoms with Crippen LogP contribution in [0.25, 0.3) is 10.9 Å². The topological polar surface area (TPSA) is 93.1 Å². The molecule has 24 heavy (non-hydrogen) atoms. The van der Waals surface area contributed by atoms with Gasteiger partial charge in [0.25, 0.3) is 5.56 Å². The van der Waals surface area contributed by atoms with Gasteiger partial charge < -0.3 is 10.6 Å². The average Bonchev–Trinajstić information content (AvgIpc) is 2.52. The van der Waals surface area contributed by atoms with Gasteiger partial charge in [-0.25, -0.2) is 4.98 Å². The van der Waals surface area contributed by atoms with Crippen LogP contribution < -0.4 is 16.2 Å². The summed E-state index contributed by atoms with van der Waals surface area (Å²) in [6.07, 6.45) is 1.56. The molecule has 128 valence electrons. The molecule has 0 spiro atoms. The zero-order valence-electron chi connectivity index (χ0n) is 14.1. The first kappa shape index (κ1) is 17.7. The van der Waals surface area contributed by atoms with Crippen LogP contribution in [0.4, 0.5) is 0 Å². The van der Waals surface area contributed by atoms with Crippen LogP contribution in [0.2, 0.25) is 0 Å². The van der Waals surface area contributed by atoms with Crippen molar-refractivity contribution in [1.29, 1.82) is 0 Å². The lowest BCUT2D eigenvalue weighted by molar-refractivity contribution is -0.126. The average molecular weight is 330 g/mol. The van der Waals surface area contributed by atoms with Gasteiger partial charge in [-0.15, -0.1) is 0 Å². The second-order valence-corrected chi connectivity index (χ2v) is 5.96. The number of carbonyl (C=O) groups is 2. The van der Waals surface area contributed by atoms with Crippen LogP contribution in [0, 0.1) is 6.92 Å². The molecular weight excluding hydrogens is 308 g/mol. The number of hydrogen-bond donors (Lipinski definition) is 2. The Hall–Kier alpha value is -2.70. The van der Waals surface area contributed by atoms with E-state index in [1.807, 2.05) is 32.9 Å². The zero-order chi connectivity index (χ0) is 17.7. The van der Waals surface area contributed by atoms with E-state index in [0.29, 0.717) is 10.9 Å². The van der Waals surface area contributed by atoms with Gasteiger partial charge in [-0.1, -0.05) is 12.1 Å². The van der Waals surface area contributed by atoms with Gasteiger partial charge in [0.05, 0.1) is 23.8 Å². The van der Waals surface area contributed by atoms with Crippen LogP contribution in [0.5, 0.6) is 0 Å². The summed E-state index contributed by atoms with van der Waals surface area (Å²) in [6, 6.07) is 5.46. The quantitative estimate of drug-likeness (QED) is 0.817. The molecule has 0 fully saturated rings. The van der Waals surface area contributed by atoms with E-state index in [1.165, 1.54) is 10.9 Å². The maximum Gasteiger partial charge on any atom is 0.261 e. The van der Waals surface area contributed by atoms with Crippen molar-refractivity contribution < 1.29 is 9.59 Å². The second-order valence-electron chi connectivity index (χ2n) is 5.96. The van der Waals surface area contributed by atoms with E-state index in [4.69, 9.17) is 0 Å². The van der Waals surface area contributed by atoms with E-state index in [1.54, 1.807) is 6.07 Å². The number of rotatable bonds is 6. The van der Waals surface area contributed by atoms with E-state index in [-0.39, 0.29) is 42.9 Å². The predicted molar refractivity (Wildman–Crippen MR) is 91.6 cm³/mol. The smallest absolute Gasteiger partial charge is 0.261 e. The molecule has 2 rings (SSSR count). The normalized spacial score (nSPS) is 10.8. The fourth-order valence-electron chi connectivity index (χ4n) is 2.36. The Morgan fingerprint density at radius 1 is 1.25 bits per heavy atom. The summed E-state index contributed by atoms with van der Waals surface area (Å²) >= 11 is 0. The third-order valence-electron chi connectivity index (χ3n) is 3.53. The zero-order valence-corrected chi connectivity index (χ0v) is 14.1. The molecule has 7 heteroatoms. The first-order chi connectivity index (χ1) is 11.4. The highest BCUT2D eigenvalue weighted by Gasteiger charge is 2.09. The van der Waals surface area contributed by atoms with Crippen molar-refractivity contribution in [1.82, 2.24) is 20.2 Å². The maximum absolute atomic E-state index is 12.4. The summed E-state index contributed by atoms with van der Waals surface area (Å²) in [6.45, 7) is 5.74. The molecule has 1 aromatic heterocycles. The molecule has 1 heterocycles. The monoisotopic (exact) mass is 330 g/mol. The summed E-state index contributed by atoms with van der Waals surface area (Å²) in [4.78, 5) is 40.0. The van der Waals surface area contributed by atoms with Crippen molar-refractivity contribution in [2.75, 3.05) is 6.54 Å². The summed E-state index contributed by atoms with van der Waals surface area (Å²) in [5.74, 6) is -0.525. The number of aryl methyl sites for hydroxylation is 2. The molecule has 0 bridgehead atoms. The molecule has 0 unspecified atom stereocenters. The molecule has 0 aliphatic carbocycles. The number of carbonyl (C=O) groups excluding carboxylic acids is 2. The van der Waals surface area contributed by atoms with Gasteiger partial charge in [0.2, 0.25) is 11.8 Å². The summed E-state index contributed by atoms with van der Waals surface area (Å²) in [7, 11) is 0. The molecule has 2 N–H and O–H groups in total. The molecule has 0 saturated heterocycles. The first-order valence-electron chi connectivity index (χ1n) is 7.89. The van der Waals surface area contributed by atoms with Crippen LogP contribution in [0.15, 0.2) is 29.3 Å². The Kier molecular flexibility index (Phi) is 5.68. The molecule has 0 radical (unpaired) electrons. The third-order valence-corrected chi connectivity index (χ3v) is 3.53. The molecule has 2 aromatic rings. The summed E-state index contributed by atoms with van der Waals surface area (Å²) in [5.41, 5.74) is 1.44. The number of aromatic nitrogens is 2. The number of nitrogens with one attached hydrogen (secondary N) is 2. The van der Waals surface area contributed by atoms with Gasteiger partial charge in [0.1, 0.15) is 0 Å². The lowest BCUT2D eigenvalue weighted by atomic mass is 10.1. The molecule has 0 atom stereocenters. The number of para-hydroxylation sites is 1. The molecule has 0 saturated carbocycles. The number of amides is 2. The summed E-state index contributed by atoms with van der Waals surface area (Å²) in [5, 5.41) is 5.76. The maximum atomic E-state index is 12.4. The Morgan fingerprint density at radius 2 is 2.00 bits per heavy atom. The lowest BCUT2D eigenvalue weighted by Gasteiger charge is -2.10. The van der Waals surface area contributed by atoms with Crippen LogP contribution >= 0.6 is 0 Å². The number of fused-ring (bicyclic) bond motifs is 1. The van der Waals surface area contributed by atoms with E-state index in [9.17, 15) is 14.4 Å². The van der Waals surface area contributed by atoms with Crippen LogP contribution in [0.1, 0.15) is 25.8 Å². The third kappa shape index (κ3) is 4.41. The van der Waals surface area contributed by atoms with Crippen molar-refractivity contribution >= 4 is 22.7 Å². The molecule has 2 amide bonds. The predicted octanol–water partition coefficient (Wildman–Crippen LogP) is 0.736. The molecular formula is C17H22N4O3. The highest BCUT2D eigenvalue weighted by molar-refractivity contribution is 5.84. The van der Waals surface area contributed by atoms with E-state index in [0.717, 1.165) is 5.56 Å². The fourth-order valence-corrected chi connectivity index (χ4v) is 2.36. The van der Waals surface area contributed by atoms with Gasteiger partial charge in [0, 0.05) is 19.0 Å². The highest BCUT2D eigenvalue weighted by atomic mass is 16.2. The minimum absolute atomic E-state index is 0.0279. The molecule has 1 aromatic carbocycles. The Balaban J connectivity index is 1.96. The standard InChI is InChI=1S/C17H22N4O3/c1-11(2)20-15(23)9-18-14(22)7-8-21-10-19-16-12(3)5-4-6-13(16)17(21)24/h4-6,10-11H,7-9H2,1-3H3,(H,18,22)(H,20,23). The van der Waals surface area contributed by atoms with Gasteiger partial charge in [-0.2, -0.15) is 0 Å². The lowest BCUT2D eigenvalue weighted by Crippen LogP contribution is -2.40. The van der Waals surface area contributed by atoms with Gasteiger partial charge in [-0.3, -0.25) is 19.0 Å². The fraction of sp³-hybridized carbons (Fsp3) is 0.412. The van der Waals surface area contributed by atoms with Gasteiger partial charge in [0.15, 0.2) is 0 Å². The second kappa shape index (κ2) is 7.72. The van der Waals surface area contributed by atoms with Crippen molar-refractivity contribution in [3.63, 3.8) is 0 Å². The van der Waals surface area contributed by atoms with Crippen molar-refractivity contribution in [3.05, 3.63) is 40.4 Å². The molecule has 0 aliphatic rings.